The number of hydrogen-bond donors (Lipinski definition) is 0. The minimum Gasteiger partial charge on any atom is -0.491 e. The average Bonchev–Trinajstić information content (AvgIpc) is 2.90. The van der Waals surface area contributed by atoms with Gasteiger partial charge in [-0.2, -0.15) is 0 Å². The van der Waals surface area contributed by atoms with Crippen LogP contribution in [0.5, 0.6) is 5.75 Å². The second-order valence-corrected chi connectivity index (χ2v) is 6.98. The summed E-state index contributed by atoms with van der Waals surface area (Å²) in [7, 11) is 0. The van der Waals surface area contributed by atoms with Crippen molar-refractivity contribution in [2.45, 2.75) is 26.4 Å². The van der Waals surface area contributed by atoms with Crippen LogP contribution in [0.2, 0.25) is 0 Å². The van der Waals surface area contributed by atoms with Crippen molar-refractivity contribution >= 4 is 28.5 Å². The van der Waals surface area contributed by atoms with E-state index in [2.05, 4.69) is 0 Å². The zero-order valence-corrected chi connectivity index (χ0v) is 16.6. The molecule has 0 N–H and O–H groups in total. The molecule has 30 heavy (non-hydrogen) atoms. The van der Waals surface area contributed by atoms with Gasteiger partial charge in [-0.05, 0) is 30.2 Å². The van der Waals surface area contributed by atoms with Crippen molar-refractivity contribution in [3.8, 4) is 5.75 Å². The fourth-order valence-corrected chi connectivity index (χ4v) is 3.44. The smallest absolute Gasteiger partial charge is 0.336 e. The normalized spacial score (nSPS) is 13.5. The van der Waals surface area contributed by atoms with Crippen LogP contribution in [-0.2, 0) is 27.4 Å². The summed E-state index contributed by atoms with van der Waals surface area (Å²) in [6, 6.07) is 14.0. The summed E-state index contributed by atoms with van der Waals surface area (Å²) in [6.45, 7) is 1.94. The van der Waals surface area contributed by atoms with E-state index in [1.165, 1.54) is 11.0 Å². The highest BCUT2D eigenvalue weighted by Crippen LogP contribution is 2.31. The second-order valence-electron chi connectivity index (χ2n) is 6.98. The van der Waals surface area contributed by atoms with E-state index < -0.39 is 11.6 Å². The predicted octanol–water partition coefficient (Wildman–Crippen LogP) is 3.21. The van der Waals surface area contributed by atoms with Gasteiger partial charge in [0.05, 0.1) is 18.7 Å². The third-order valence-corrected chi connectivity index (χ3v) is 5.01. The van der Waals surface area contributed by atoms with Gasteiger partial charge < -0.3 is 13.9 Å². The van der Waals surface area contributed by atoms with E-state index in [1.54, 1.807) is 24.3 Å². The van der Waals surface area contributed by atoms with Crippen LogP contribution >= 0.6 is 0 Å². The highest BCUT2D eigenvalue weighted by atomic mass is 16.5. The van der Waals surface area contributed by atoms with E-state index in [1.807, 2.05) is 25.1 Å². The number of ether oxygens (including phenoxy) is 2. The lowest BCUT2D eigenvalue weighted by Gasteiger charge is -2.20. The lowest BCUT2D eigenvalue weighted by Crippen LogP contribution is -2.36. The molecular weight excluding hydrogens is 386 g/mol. The Kier molecular flexibility index (Phi) is 5.52. The van der Waals surface area contributed by atoms with E-state index in [4.69, 9.17) is 13.9 Å². The fraction of sp³-hybridized carbons (Fsp3) is 0.261. The Morgan fingerprint density at radius 2 is 1.97 bits per heavy atom. The molecule has 0 unspecified atom stereocenters. The molecule has 4 rings (SSSR count). The molecule has 1 aliphatic rings. The van der Waals surface area contributed by atoms with Crippen LogP contribution in [0.1, 0.15) is 24.5 Å². The minimum absolute atomic E-state index is 0.0907. The van der Waals surface area contributed by atoms with Crippen LogP contribution in [0.25, 0.3) is 11.0 Å². The monoisotopic (exact) mass is 407 g/mol. The summed E-state index contributed by atoms with van der Waals surface area (Å²) in [6.07, 6.45) is 0.986. The maximum Gasteiger partial charge on any atom is 0.336 e. The molecule has 0 saturated carbocycles. The van der Waals surface area contributed by atoms with Gasteiger partial charge in [-0.3, -0.25) is 14.5 Å². The molecule has 1 aromatic heterocycles. The number of benzene rings is 2. The summed E-state index contributed by atoms with van der Waals surface area (Å²) in [5, 5.41) is 0.712. The number of rotatable bonds is 5. The Morgan fingerprint density at radius 3 is 2.80 bits per heavy atom. The van der Waals surface area contributed by atoms with Crippen LogP contribution in [0, 0.1) is 0 Å². The maximum atomic E-state index is 12.5. The lowest BCUT2D eigenvalue weighted by atomic mass is 10.1. The molecule has 154 valence electrons. The summed E-state index contributed by atoms with van der Waals surface area (Å²) < 4.78 is 16.3. The van der Waals surface area contributed by atoms with Gasteiger partial charge in [0.25, 0.3) is 0 Å². The molecule has 0 saturated heterocycles. The standard InChI is InChI=1S/C23H21NO6/c1-2-15-7-8-17-16(12-22(26)30-20(17)11-15)14-29-23(27)13-24-18-5-3-4-6-19(18)28-10-9-21(24)25/h3-8,11-12H,2,9-10,13-14H2,1H3. The zero-order valence-electron chi connectivity index (χ0n) is 16.6. The predicted molar refractivity (Wildman–Crippen MR) is 111 cm³/mol. The van der Waals surface area contributed by atoms with E-state index in [9.17, 15) is 14.4 Å². The molecule has 0 fully saturated rings. The van der Waals surface area contributed by atoms with Gasteiger partial charge in [0.2, 0.25) is 5.91 Å². The Labute approximate surface area is 172 Å². The van der Waals surface area contributed by atoms with Crippen LogP contribution in [0.3, 0.4) is 0 Å². The second kappa shape index (κ2) is 8.41. The van der Waals surface area contributed by atoms with Gasteiger partial charge in [0.1, 0.15) is 24.5 Å². The van der Waals surface area contributed by atoms with Crippen molar-refractivity contribution < 1.29 is 23.5 Å². The van der Waals surface area contributed by atoms with Gasteiger partial charge in [-0.1, -0.05) is 31.2 Å². The molecule has 2 aromatic carbocycles. The largest absolute Gasteiger partial charge is 0.491 e. The number of hydrogen-bond acceptors (Lipinski definition) is 6. The van der Waals surface area contributed by atoms with Crippen molar-refractivity contribution in [2.75, 3.05) is 18.1 Å². The summed E-state index contributed by atoms with van der Waals surface area (Å²) in [4.78, 5) is 38.2. The van der Waals surface area contributed by atoms with Gasteiger partial charge in [0.15, 0.2) is 0 Å². The van der Waals surface area contributed by atoms with Gasteiger partial charge >= 0.3 is 11.6 Å². The molecular formula is C23H21NO6. The quantitative estimate of drug-likeness (QED) is 0.477. The van der Waals surface area contributed by atoms with Crippen molar-refractivity contribution in [2.24, 2.45) is 0 Å². The molecule has 3 aromatic rings. The van der Waals surface area contributed by atoms with E-state index in [-0.39, 0.29) is 32.1 Å². The van der Waals surface area contributed by atoms with Gasteiger partial charge in [-0.25, -0.2) is 4.79 Å². The summed E-state index contributed by atoms with van der Waals surface area (Å²) >= 11 is 0. The molecule has 0 aliphatic carbocycles. The van der Waals surface area contributed by atoms with E-state index >= 15 is 0 Å². The molecule has 1 aliphatic heterocycles. The molecule has 0 radical (unpaired) electrons. The molecule has 1 amide bonds. The topological polar surface area (TPSA) is 86.0 Å². The average molecular weight is 407 g/mol. The first-order chi connectivity index (χ1) is 14.5. The number of esters is 1. The highest BCUT2D eigenvalue weighted by molar-refractivity contribution is 5.99. The van der Waals surface area contributed by atoms with Crippen LogP contribution in [0.15, 0.2) is 57.7 Å². The van der Waals surface area contributed by atoms with Crippen molar-refractivity contribution in [3.05, 3.63) is 70.1 Å². The Hall–Kier alpha value is -3.61. The van der Waals surface area contributed by atoms with Crippen molar-refractivity contribution in [3.63, 3.8) is 0 Å². The molecule has 0 atom stereocenters. The minimum atomic E-state index is -0.577. The number of anilines is 1. The fourth-order valence-electron chi connectivity index (χ4n) is 3.44. The molecule has 7 nitrogen and oxygen atoms in total. The highest BCUT2D eigenvalue weighted by Gasteiger charge is 2.25. The van der Waals surface area contributed by atoms with Crippen LogP contribution in [-0.4, -0.2) is 25.0 Å². The third kappa shape index (κ3) is 4.05. The summed E-state index contributed by atoms with van der Waals surface area (Å²) in [5.41, 5.74) is 2.09. The first-order valence-electron chi connectivity index (χ1n) is 9.78. The first-order valence-corrected chi connectivity index (χ1v) is 9.78. The molecule has 0 spiro atoms. The molecule has 0 bridgehead atoms. The van der Waals surface area contributed by atoms with Crippen molar-refractivity contribution in [1.82, 2.24) is 0 Å². The Balaban J connectivity index is 1.52. The van der Waals surface area contributed by atoms with E-state index in [0.717, 1.165) is 12.0 Å². The number of para-hydroxylation sites is 2. The van der Waals surface area contributed by atoms with Crippen LogP contribution in [0.4, 0.5) is 5.69 Å². The number of carbonyl (C=O) groups excluding carboxylic acids is 2. The Morgan fingerprint density at radius 1 is 1.13 bits per heavy atom. The SMILES string of the molecule is CCc1ccc2c(COC(=O)CN3C(=O)CCOc4ccccc43)cc(=O)oc2c1. The number of nitrogens with zero attached hydrogens (tertiary/aromatic N) is 1. The molecule has 2 heterocycles. The first kappa shape index (κ1) is 19.7. The van der Waals surface area contributed by atoms with Gasteiger partial charge in [0, 0.05) is 17.0 Å². The number of amides is 1. The number of aryl methyl sites for hydroxylation is 1. The van der Waals surface area contributed by atoms with Gasteiger partial charge in [-0.15, -0.1) is 0 Å². The van der Waals surface area contributed by atoms with Crippen molar-refractivity contribution in [1.29, 1.82) is 0 Å². The maximum absolute atomic E-state index is 12.5. The number of fused-ring (bicyclic) bond motifs is 2. The molecule has 7 heteroatoms. The zero-order chi connectivity index (χ0) is 21.1. The third-order valence-electron chi connectivity index (χ3n) is 5.01. The Bertz CT molecular complexity index is 1170. The lowest BCUT2D eigenvalue weighted by molar-refractivity contribution is -0.144. The van der Waals surface area contributed by atoms with Crippen LogP contribution < -0.4 is 15.3 Å². The summed E-state index contributed by atoms with van der Waals surface area (Å²) in [5.74, 6) is -0.240. The number of carbonyl (C=O) groups is 2. The van der Waals surface area contributed by atoms with E-state index in [0.29, 0.717) is 28.0 Å².